The fraction of sp³-hybridized carbons (Fsp3) is 0.333. The van der Waals surface area contributed by atoms with E-state index in [1.807, 2.05) is 5.32 Å². The summed E-state index contributed by atoms with van der Waals surface area (Å²) in [5.41, 5.74) is 1.70. The summed E-state index contributed by atoms with van der Waals surface area (Å²) in [6.45, 7) is 1.43. The van der Waals surface area contributed by atoms with E-state index in [-0.39, 0.29) is 11.7 Å². The van der Waals surface area contributed by atoms with E-state index in [0.29, 0.717) is 10.2 Å². The molecular weight excluding hydrogens is 307 g/mol. The number of nitrogen functional groups attached to an aromatic ring is 1. The highest BCUT2D eigenvalue weighted by molar-refractivity contribution is 7.22. The van der Waals surface area contributed by atoms with Crippen molar-refractivity contribution in [3.05, 3.63) is 23.8 Å². The lowest BCUT2D eigenvalue weighted by Gasteiger charge is -2.29. The molecule has 1 aromatic heterocycles. The first-order valence-corrected chi connectivity index (χ1v) is 6.75. The van der Waals surface area contributed by atoms with Crippen LogP contribution in [0.3, 0.4) is 0 Å². The molecule has 4 N–H and O–H groups in total. The molecule has 0 bridgehead atoms. The molecule has 1 atom stereocenters. The van der Waals surface area contributed by atoms with Gasteiger partial charge in [0.25, 0.3) is 11.5 Å². The van der Waals surface area contributed by atoms with Gasteiger partial charge >= 0.3 is 6.18 Å². The van der Waals surface area contributed by atoms with Crippen molar-refractivity contribution < 1.29 is 23.1 Å². The van der Waals surface area contributed by atoms with Gasteiger partial charge in [-0.05, 0) is 19.1 Å². The lowest BCUT2D eigenvalue weighted by molar-refractivity contribution is -0.256. The summed E-state index contributed by atoms with van der Waals surface area (Å²) in [6.07, 6.45) is -5.16. The highest BCUT2D eigenvalue weighted by Gasteiger charge is 2.60. The predicted molar refractivity (Wildman–Crippen MR) is 72.7 cm³/mol. The molecule has 0 aliphatic carbocycles. The van der Waals surface area contributed by atoms with Crippen molar-refractivity contribution in [2.24, 2.45) is 0 Å². The van der Waals surface area contributed by atoms with Crippen LogP contribution in [0.5, 0.6) is 0 Å². The van der Waals surface area contributed by atoms with E-state index in [4.69, 9.17) is 5.73 Å². The summed E-state index contributed by atoms with van der Waals surface area (Å²) in [7, 11) is 0. The Hall–Kier alpha value is -1.87. The number of benzene rings is 1. The van der Waals surface area contributed by atoms with E-state index in [2.05, 4.69) is 4.98 Å². The van der Waals surface area contributed by atoms with Crippen LogP contribution < -0.4 is 11.1 Å². The molecule has 0 spiro atoms. The minimum atomic E-state index is -5.16. The molecule has 21 heavy (non-hydrogen) atoms. The molecule has 0 saturated heterocycles. The number of nitrogens with one attached hydrogen (secondary N) is 1. The number of nitrogens with zero attached hydrogens (tertiary/aromatic N) is 1. The number of likely N-dealkylation sites (N-methyl/N-ethyl adjacent to an activating group) is 1. The first-order chi connectivity index (χ1) is 9.70. The number of nitrogens with two attached hydrogens (primary N) is 1. The Labute approximate surface area is 121 Å². The topological polar surface area (TPSA) is 88.2 Å². The van der Waals surface area contributed by atoms with Crippen molar-refractivity contribution in [3.8, 4) is 0 Å². The van der Waals surface area contributed by atoms with Crippen LogP contribution in [0.4, 0.5) is 18.3 Å². The number of hydrogen-bond donors (Lipinski definition) is 3. The minimum absolute atomic E-state index is 0.0347. The van der Waals surface area contributed by atoms with Gasteiger partial charge in [0.1, 0.15) is 0 Å². The first kappa shape index (κ1) is 15.5. The highest BCUT2D eigenvalue weighted by Crippen LogP contribution is 2.40. The van der Waals surface area contributed by atoms with Gasteiger partial charge in [-0.15, -0.1) is 0 Å². The number of carbonyl (C=O) groups excluding carboxylic acids is 1. The molecule has 0 radical (unpaired) electrons. The number of halogens is 3. The fourth-order valence-corrected chi connectivity index (χ4v) is 2.65. The van der Waals surface area contributed by atoms with Gasteiger partial charge < -0.3 is 16.2 Å². The SMILES string of the molecule is CCNC(=O)C(O)(c1ccc2nc(N)sc2c1)C(F)(F)F. The molecule has 9 heteroatoms. The van der Waals surface area contributed by atoms with Crippen LogP contribution in [0.25, 0.3) is 10.2 Å². The summed E-state index contributed by atoms with van der Waals surface area (Å²) < 4.78 is 40.0. The number of thiazole rings is 1. The zero-order chi connectivity index (χ0) is 15.8. The van der Waals surface area contributed by atoms with Crippen LogP contribution in [0.15, 0.2) is 18.2 Å². The van der Waals surface area contributed by atoms with E-state index in [1.165, 1.54) is 13.0 Å². The normalized spacial score (nSPS) is 14.9. The van der Waals surface area contributed by atoms with Gasteiger partial charge in [-0.2, -0.15) is 13.2 Å². The molecule has 114 valence electrons. The van der Waals surface area contributed by atoms with Crippen molar-refractivity contribution >= 4 is 32.6 Å². The quantitative estimate of drug-likeness (QED) is 0.804. The van der Waals surface area contributed by atoms with Crippen LogP contribution in [0.2, 0.25) is 0 Å². The number of amides is 1. The minimum Gasteiger partial charge on any atom is -0.375 e. The number of fused-ring (bicyclic) bond motifs is 1. The van der Waals surface area contributed by atoms with Gasteiger partial charge in [-0.1, -0.05) is 17.4 Å². The summed E-state index contributed by atoms with van der Waals surface area (Å²) in [5, 5.41) is 12.2. The molecule has 5 nitrogen and oxygen atoms in total. The van der Waals surface area contributed by atoms with Gasteiger partial charge in [0.05, 0.1) is 10.2 Å². The van der Waals surface area contributed by atoms with Gasteiger partial charge in [0.15, 0.2) is 5.13 Å². The van der Waals surface area contributed by atoms with E-state index >= 15 is 0 Å². The van der Waals surface area contributed by atoms with Gasteiger partial charge in [0, 0.05) is 12.1 Å². The number of anilines is 1. The summed E-state index contributed by atoms with van der Waals surface area (Å²) in [6, 6.07) is 3.38. The van der Waals surface area contributed by atoms with Crippen LogP contribution >= 0.6 is 11.3 Å². The van der Waals surface area contributed by atoms with Gasteiger partial charge in [0.2, 0.25) is 0 Å². The Kier molecular flexibility index (Phi) is 3.81. The van der Waals surface area contributed by atoms with Crippen LogP contribution in [-0.4, -0.2) is 28.7 Å². The predicted octanol–water partition coefficient (Wildman–Crippen LogP) is 1.76. The van der Waals surface area contributed by atoms with E-state index in [9.17, 15) is 23.1 Å². The third-order valence-corrected chi connectivity index (χ3v) is 3.75. The van der Waals surface area contributed by atoms with Crippen molar-refractivity contribution in [1.82, 2.24) is 10.3 Å². The molecule has 0 aliphatic rings. The number of hydrogen-bond acceptors (Lipinski definition) is 5. The molecular formula is C12H12F3N3O2S. The fourth-order valence-electron chi connectivity index (χ4n) is 1.88. The number of aliphatic hydroxyl groups is 1. The van der Waals surface area contributed by atoms with Gasteiger partial charge in [-0.3, -0.25) is 4.79 Å². The number of carbonyl (C=O) groups is 1. The van der Waals surface area contributed by atoms with Crippen molar-refractivity contribution in [2.75, 3.05) is 12.3 Å². The van der Waals surface area contributed by atoms with Crippen molar-refractivity contribution in [3.63, 3.8) is 0 Å². The Morgan fingerprint density at radius 2 is 2.14 bits per heavy atom. The van der Waals surface area contributed by atoms with Crippen molar-refractivity contribution in [2.45, 2.75) is 18.7 Å². The zero-order valence-corrected chi connectivity index (χ0v) is 11.7. The second-order valence-corrected chi connectivity index (χ2v) is 5.36. The Morgan fingerprint density at radius 3 is 2.71 bits per heavy atom. The summed E-state index contributed by atoms with van der Waals surface area (Å²) in [5.74, 6) is -1.52. The maximum atomic E-state index is 13.2. The Bertz CT molecular complexity index is 686. The Balaban J connectivity index is 2.60. The van der Waals surface area contributed by atoms with Crippen LogP contribution in [0, 0.1) is 0 Å². The molecule has 0 aliphatic heterocycles. The third kappa shape index (κ3) is 2.54. The zero-order valence-electron chi connectivity index (χ0n) is 10.9. The second kappa shape index (κ2) is 5.15. The first-order valence-electron chi connectivity index (χ1n) is 5.94. The summed E-state index contributed by atoms with van der Waals surface area (Å²) >= 11 is 0.975. The standard InChI is InChI=1S/C12H12F3N3O2S/c1-2-17-9(19)11(20,12(13,14)15)6-3-4-7-8(5-6)21-10(16)18-7/h3-5,20H,2H2,1H3,(H2,16,18)(H,17,19). The van der Waals surface area contributed by atoms with E-state index < -0.39 is 23.2 Å². The average Bonchev–Trinajstić information content (AvgIpc) is 2.75. The highest BCUT2D eigenvalue weighted by atomic mass is 32.1. The number of aromatic nitrogens is 1. The number of rotatable bonds is 3. The summed E-state index contributed by atoms with van der Waals surface area (Å²) in [4.78, 5) is 15.6. The maximum absolute atomic E-state index is 13.2. The van der Waals surface area contributed by atoms with E-state index in [0.717, 1.165) is 23.5 Å². The monoisotopic (exact) mass is 319 g/mol. The molecule has 1 amide bonds. The van der Waals surface area contributed by atoms with Crippen LogP contribution in [0.1, 0.15) is 12.5 Å². The second-order valence-electron chi connectivity index (χ2n) is 4.30. The van der Waals surface area contributed by atoms with Crippen molar-refractivity contribution in [1.29, 1.82) is 0 Å². The number of alkyl halides is 3. The lowest BCUT2D eigenvalue weighted by atomic mass is 9.92. The molecule has 2 aromatic rings. The third-order valence-electron chi connectivity index (χ3n) is 2.90. The molecule has 1 aromatic carbocycles. The largest absolute Gasteiger partial charge is 0.430 e. The Morgan fingerprint density at radius 1 is 1.48 bits per heavy atom. The lowest BCUT2D eigenvalue weighted by Crippen LogP contribution is -2.54. The molecule has 1 heterocycles. The molecule has 2 rings (SSSR count). The maximum Gasteiger partial charge on any atom is 0.430 e. The molecule has 0 fully saturated rings. The average molecular weight is 319 g/mol. The molecule has 0 saturated carbocycles. The van der Waals surface area contributed by atoms with Crippen LogP contribution in [-0.2, 0) is 10.4 Å². The van der Waals surface area contributed by atoms with Gasteiger partial charge in [-0.25, -0.2) is 4.98 Å². The molecule has 1 unspecified atom stereocenters. The smallest absolute Gasteiger partial charge is 0.375 e. The van der Waals surface area contributed by atoms with E-state index in [1.54, 1.807) is 0 Å².